The zero-order chi connectivity index (χ0) is 20.5. The molecule has 5 rings (SSSR count). The molecule has 4 heterocycles. The van der Waals surface area contributed by atoms with E-state index in [1.165, 1.54) is 4.90 Å². The molecule has 0 spiro atoms. The monoisotopic (exact) mass is 400 g/mol. The molecular formula is C20H24N4O5. The lowest BCUT2D eigenvalue weighted by atomic mass is 10.0. The van der Waals surface area contributed by atoms with Gasteiger partial charge in [0.1, 0.15) is 5.82 Å². The Kier molecular flexibility index (Phi) is 5.33. The van der Waals surface area contributed by atoms with Crippen LogP contribution >= 0.6 is 0 Å². The summed E-state index contributed by atoms with van der Waals surface area (Å²) >= 11 is 0. The molecule has 9 heteroatoms. The molecule has 2 N–H and O–H groups in total. The van der Waals surface area contributed by atoms with E-state index in [1.807, 2.05) is 0 Å². The first kappa shape index (κ1) is 19.5. The fourth-order valence-electron chi connectivity index (χ4n) is 4.31. The minimum Gasteiger partial charge on any atom is -0.483 e. The van der Waals surface area contributed by atoms with Crippen LogP contribution in [0.15, 0.2) is 12.1 Å². The maximum absolute atomic E-state index is 12.9. The van der Waals surface area contributed by atoms with Crippen LogP contribution in [0.4, 0.5) is 0 Å². The van der Waals surface area contributed by atoms with Gasteiger partial charge in [0, 0.05) is 18.6 Å². The molecule has 1 unspecified atom stereocenters. The van der Waals surface area contributed by atoms with Gasteiger partial charge in [-0.15, -0.1) is 0 Å². The van der Waals surface area contributed by atoms with E-state index >= 15 is 0 Å². The SMILES string of the molecule is CN1CCC(N2C(=O)c3cc4nc(C5CCOC5)[nH]c4cc3C2=O)CC1.O=CO. The molecule has 2 aromatic rings. The van der Waals surface area contributed by atoms with E-state index in [0.717, 1.165) is 55.8 Å². The zero-order valence-corrected chi connectivity index (χ0v) is 16.3. The van der Waals surface area contributed by atoms with Crippen molar-refractivity contribution >= 4 is 29.3 Å². The quantitative estimate of drug-likeness (QED) is 0.579. The van der Waals surface area contributed by atoms with E-state index in [-0.39, 0.29) is 30.2 Å². The number of aromatic amines is 1. The van der Waals surface area contributed by atoms with E-state index in [9.17, 15) is 9.59 Å². The number of benzene rings is 1. The molecule has 9 nitrogen and oxygen atoms in total. The highest BCUT2D eigenvalue weighted by molar-refractivity contribution is 6.23. The lowest BCUT2D eigenvalue weighted by Gasteiger charge is -2.33. The number of nitrogens with zero attached hydrogens (tertiary/aromatic N) is 3. The Labute approximate surface area is 167 Å². The van der Waals surface area contributed by atoms with Crippen LogP contribution in [-0.4, -0.2) is 82.6 Å². The number of rotatable bonds is 2. The van der Waals surface area contributed by atoms with Crippen molar-refractivity contribution in [1.82, 2.24) is 19.8 Å². The van der Waals surface area contributed by atoms with Crippen molar-refractivity contribution < 1.29 is 24.2 Å². The first-order valence-electron chi connectivity index (χ1n) is 9.79. The summed E-state index contributed by atoms with van der Waals surface area (Å²) in [6, 6.07) is 3.57. The third-order valence-corrected chi connectivity index (χ3v) is 5.91. The molecule has 0 aliphatic carbocycles. The number of hydrogen-bond donors (Lipinski definition) is 2. The van der Waals surface area contributed by atoms with Gasteiger partial charge in [-0.3, -0.25) is 19.3 Å². The first-order valence-corrected chi connectivity index (χ1v) is 9.79. The van der Waals surface area contributed by atoms with Gasteiger partial charge in [0.2, 0.25) is 0 Å². The van der Waals surface area contributed by atoms with Gasteiger partial charge in [0.25, 0.3) is 18.3 Å². The normalized spacial score (nSPS) is 22.7. The Morgan fingerprint density at radius 1 is 1.17 bits per heavy atom. The summed E-state index contributed by atoms with van der Waals surface area (Å²) < 4.78 is 5.43. The highest BCUT2D eigenvalue weighted by Gasteiger charge is 2.41. The second kappa shape index (κ2) is 7.92. The van der Waals surface area contributed by atoms with E-state index in [1.54, 1.807) is 12.1 Å². The average molecular weight is 400 g/mol. The van der Waals surface area contributed by atoms with Crippen LogP contribution < -0.4 is 0 Å². The molecule has 3 aliphatic rings. The van der Waals surface area contributed by atoms with Crippen molar-refractivity contribution in [2.45, 2.75) is 31.2 Å². The van der Waals surface area contributed by atoms with Crippen LogP contribution in [0.3, 0.4) is 0 Å². The summed E-state index contributed by atoms with van der Waals surface area (Å²) in [5, 5.41) is 6.89. The predicted octanol–water partition coefficient (Wildman–Crippen LogP) is 1.46. The number of carboxylic acid groups (broad SMARTS) is 1. The third-order valence-electron chi connectivity index (χ3n) is 5.91. The van der Waals surface area contributed by atoms with Crippen LogP contribution in [0.2, 0.25) is 0 Å². The number of imidazole rings is 1. The van der Waals surface area contributed by atoms with Gasteiger partial charge in [-0.1, -0.05) is 0 Å². The van der Waals surface area contributed by atoms with E-state index in [4.69, 9.17) is 14.6 Å². The number of hydrogen-bond acceptors (Lipinski definition) is 6. The molecular weight excluding hydrogens is 376 g/mol. The minimum absolute atomic E-state index is 0.00361. The highest BCUT2D eigenvalue weighted by atomic mass is 16.5. The Balaban J connectivity index is 0.000000645. The summed E-state index contributed by atoms with van der Waals surface area (Å²) in [7, 11) is 2.07. The fraction of sp³-hybridized carbons (Fsp3) is 0.500. The third kappa shape index (κ3) is 3.51. The lowest BCUT2D eigenvalue weighted by molar-refractivity contribution is -0.122. The number of nitrogens with one attached hydrogen (secondary N) is 1. The van der Waals surface area contributed by atoms with Gasteiger partial charge < -0.3 is 19.7 Å². The van der Waals surface area contributed by atoms with Crippen LogP contribution in [-0.2, 0) is 9.53 Å². The summed E-state index contributed by atoms with van der Waals surface area (Å²) in [5.74, 6) is 0.810. The van der Waals surface area contributed by atoms with E-state index in [2.05, 4.69) is 21.9 Å². The van der Waals surface area contributed by atoms with Gasteiger partial charge in [0.15, 0.2) is 0 Å². The molecule has 0 bridgehead atoms. The van der Waals surface area contributed by atoms with Crippen LogP contribution in [0.5, 0.6) is 0 Å². The fourth-order valence-corrected chi connectivity index (χ4v) is 4.31. The number of H-pyrrole nitrogens is 1. The number of fused-ring (bicyclic) bond motifs is 2. The minimum atomic E-state index is -0.250. The van der Waals surface area contributed by atoms with Crippen molar-refractivity contribution in [3.8, 4) is 0 Å². The molecule has 1 aromatic heterocycles. The van der Waals surface area contributed by atoms with E-state index in [0.29, 0.717) is 17.7 Å². The Hall–Kier alpha value is -2.78. The number of amides is 2. The van der Waals surface area contributed by atoms with Crippen LogP contribution in [0.1, 0.15) is 51.7 Å². The molecule has 0 saturated carbocycles. The lowest BCUT2D eigenvalue weighted by Crippen LogP contribution is -2.46. The van der Waals surface area contributed by atoms with Gasteiger partial charge in [-0.25, -0.2) is 4.98 Å². The average Bonchev–Trinajstić information content (AvgIpc) is 3.42. The van der Waals surface area contributed by atoms with Crippen LogP contribution in [0, 0.1) is 0 Å². The van der Waals surface area contributed by atoms with Crippen molar-refractivity contribution in [1.29, 1.82) is 0 Å². The molecule has 2 amide bonds. The van der Waals surface area contributed by atoms with Crippen molar-refractivity contribution in [3.63, 3.8) is 0 Å². The van der Waals surface area contributed by atoms with Gasteiger partial charge >= 0.3 is 0 Å². The number of carbonyl (C=O) groups is 3. The molecule has 1 aromatic carbocycles. The topological polar surface area (TPSA) is 116 Å². The number of ether oxygens (including phenoxy) is 1. The number of piperidine rings is 1. The van der Waals surface area contributed by atoms with Gasteiger partial charge in [-0.05, 0) is 51.5 Å². The summed E-state index contributed by atoms with van der Waals surface area (Å²) in [4.78, 5) is 45.9. The molecule has 1 atom stereocenters. The maximum atomic E-state index is 12.9. The number of carbonyl (C=O) groups excluding carboxylic acids is 2. The molecule has 154 valence electrons. The summed E-state index contributed by atoms with van der Waals surface area (Å²) in [6.07, 6.45) is 2.62. The second-order valence-electron chi connectivity index (χ2n) is 7.72. The number of likely N-dealkylation sites (tertiary alicyclic amines) is 1. The van der Waals surface area contributed by atoms with Crippen LogP contribution in [0.25, 0.3) is 11.0 Å². The summed E-state index contributed by atoms with van der Waals surface area (Å²) in [6.45, 7) is 2.99. The maximum Gasteiger partial charge on any atom is 0.290 e. The number of aromatic nitrogens is 2. The zero-order valence-electron chi connectivity index (χ0n) is 16.3. The molecule has 0 radical (unpaired) electrons. The molecule has 3 aliphatic heterocycles. The Morgan fingerprint density at radius 3 is 2.45 bits per heavy atom. The van der Waals surface area contributed by atoms with Crippen molar-refractivity contribution in [2.75, 3.05) is 33.4 Å². The molecule has 2 fully saturated rings. The molecule has 2 saturated heterocycles. The van der Waals surface area contributed by atoms with E-state index < -0.39 is 0 Å². The Bertz CT molecular complexity index is 889. The summed E-state index contributed by atoms with van der Waals surface area (Å²) in [5.41, 5.74) is 2.55. The highest BCUT2D eigenvalue weighted by Crippen LogP contribution is 2.32. The van der Waals surface area contributed by atoms with Crippen molar-refractivity contribution in [3.05, 3.63) is 29.1 Å². The molecule has 29 heavy (non-hydrogen) atoms. The van der Waals surface area contributed by atoms with Gasteiger partial charge in [-0.2, -0.15) is 0 Å². The smallest absolute Gasteiger partial charge is 0.290 e. The largest absolute Gasteiger partial charge is 0.483 e. The standard InChI is InChI=1S/C19H22N4O3.CH2O2/c1-22-5-2-12(3-6-22)23-18(24)13-8-15-16(9-14(13)19(23)25)21-17(20-15)11-4-7-26-10-11;2-1-3/h8-9,11-12H,2-7,10H2,1H3,(H,20,21);1H,(H,2,3). The Morgan fingerprint density at radius 2 is 1.83 bits per heavy atom. The number of imide groups is 1. The predicted molar refractivity (Wildman–Crippen MR) is 104 cm³/mol. The first-order chi connectivity index (χ1) is 14.0. The second-order valence-corrected chi connectivity index (χ2v) is 7.72. The van der Waals surface area contributed by atoms with Crippen molar-refractivity contribution in [2.24, 2.45) is 0 Å². The van der Waals surface area contributed by atoms with Gasteiger partial charge in [0.05, 0.1) is 28.8 Å².